The number of ether oxygens (including phenoxy) is 1. The van der Waals surface area contributed by atoms with Crippen LogP contribution < -0.4 is 14.4 Å². The predicted octanol–water partition coefficient (Wildman–Crippen LogP) is 6.00. The minimum absolute atomic E-state index is 0.0581. The highest BCUT2D eigenvalue weighted by Crippen LogP contribution is 2.34. The fourth-order valence-corrected chi connectivity index (χ4v) is 4.18. The molecular formula is C23H19Cl2F3N2O4S. The first-order chi connectivity index (χ1) is 16.3. The Hall–Kier alpha value is -2.95. The van der Waals surface area contributed by atoms with Crippen LogP contribution in [-0.2, 0) is 27.5 Å². The Balaban J connectivity index is 1.65. The van der Waals surface area contributed by atoms with Gasteiger partial charge in [0.1, 0.15) is 5.75 Å². The van der Waals surface area contributed by atoms with Crippen molar-refractivity contribution >= 4 is 50.5 Å². The van der Waals surface area contributed by atoms with Crippen molar-refractivity contribution in [3.63, 3.8) is 0 Å². The fraction of sp³-hybridized carbons (Fsp3) is 0.174. The topological polar surface area (TPSA) is 75.7 Å². The highest BCUT2D eigenvalue weighted by molar-refractivity contribution is 7.92. The first kappa shape index (κ1) is 26.7. The molecule has 0 saturated heterocycles. The third kappa shape index (κ3) is 7.51. The van der Waals surface area contributed by atoms with E-state index in [1.165, 1.54) is 28.6 Å². The van der Waals surface area contributed by atoms with Gasteiger partial charge in [-0.05, 0) is 60.2 Å². The molecule has 0 bridgehead atoms. The Morgan fingerprint density at radius 2 is 1.63 bits per heavy atom. The Bertz CT molecular complexity index is 1300. The molecule has 0 aliphatic heterocycles. The van der Waals surface area contributed by atoms with Crippen LogP contribution in [0.1, 0.15) is 11.1 Å². The summed E-state index contributed by atoms with van der Waals surface area (Å²) in [5.41, 5.74) is -0.0563. The number of nitrogens with zero attached hydrogens (tertiary/aromatic N) is 1. The number of rotatable bonds is 8. The molecular weight excluding hydrogens is 528 g/mol. The molecule has 0 aromatic heterocycles. The second-order valence-corrected chi connectivity index (χ2v) is 10.2. The maximum Gasteiger partial charge on any atom is 0.416 e. The molecule has 186 valence electrons. The van der Waals surface area contributed by atoms with Gasteiger partial charge in [0, 0.05) is 5.02 Å². The molecule has 3 aromatic rings. The summed E-state index contributed by atoms with van der Waals surface area (Å²) in [5, 5.41) is 2.75. The number of halogens is 5. The third-order valence-corrected chi connectivity index (χ3v) is 6.42. The van der Waals surface area contributed by atoms with Crippen LogP contribution in [0.3, 0.4) is 0 Å². The normalized spacial score (nSPS) is 11.7. The van der Waals surface area contributed by atoms with E-state index in [0.717, 1.165) is 30.0 Å². The Morgan fingerprint density at radius 3 is 2.20 bits per heavy atom. The second kappa shape index (κ2) is 10.8. The van der Waals surface area contributed by atoms with Crippen LogP contribution in [0.5, 0.6) is 5.75 Å². The third-order valence-electron chi connectivity index (χ3n) is 4.70. The predicted molar refractivity (Wildman–Crippen MR) is 129 cm³/mol. The number of hydrogen-bond donors (Lipinski definition) is 1. The summed E-state index contributed by atoms with van der Waals surface area (Å²) in [6.45, 7) is -0.428. The number of nitrogens with one attached hydrogen (secondary N) is 1. The van der Waals surface area contributed by atoms with Crippen molar-refractivity contribution in [3.05, 3.63) is 87.9 Å². The van der Waals surface area contributed by atoms with Crippen molar-refractivity contribution in [2.75, 3.05) is 22.5 Å². The molecule has 0 spiro atoms. The van der Waals surface area contributed by atoms with Gasteiger partial charge in [-0.2, -0.15) is 13.2 Å². The SMILES string of the molecule is CS(=O)(=O)N(Cc1ccc(Cl)cc1)c1ccc(OCC(=O)Nc2cc(C(F)(F)F)ccc2Cl)cc1. The van der Waals surface area contributed by atoms with E-state index in [2.05, 4.69) is 5.32 Å². The molecule has 0 aliphatic rings. The monoisotopic (exact) mass is 546 g/mol. The largest absolute Gasteiger partial charge is 0.484 e. The number of carbonyl (C=O) groups excluding carboxylic acids is 1. The number of hydrogen-bond acceptors (Lipinski definition) is 4. The molecule has 0 saturated carbocycles. The highest BCUT2D eigenvalue weighted by atomic mass is 35.5. The molecule has 1 amide bonds. The van der Waals surface area contributed by atoms with Crippen LogP contribution in [0, 0.1) is 0 Å². The van der Waals surface area contributed by atoms with Crippen LogP contribution in [0.25, 0.3) is 0 Å². The standard InChI is InChI=1S/C23H19Cl2F3N2O4S/c1-35(32,33)30(13-15-2-5-17(24)6-3-15)18-7-9-19(10-8-18)34-14-22(31)29-21-12-16(23(26,27)28)4-11-20(21)25/h2-12H,13-14H2,1H3,(H,29,31). The van der Waals surface area contributed by atoms with E-state index in [4.69, 9.17) is 27.9 Å². The maximum atomic E-state index is 12.9. The van der Waals surface area contributed by atoms with Gasteiger partial charge in [-0.15, -0.1) is 0 Å². The lowest BCUT2D eigenvalue weighted by atomic mass is 10.2. The molecule has 0 atom stereocenters. The van der Waals surface area contributed by atoms with Gasteiger partial charge in [-0.3, -0.25) is 9.10 Å². The maximum absolute atomic E-state index is 12.9. The fourth-order valence-electron chi connectivity index (χ4n) is 3.00. The van der Waals surface area contributed by atoms with Crippen LogP contribution in [0.4, 0.5) is 24.5 Å². The molecule has 3 rings (SSSR count). The van der Waals surface area contributed by atoms with E-state index < -0.39 is 34.3 Å². The van der Waals surface area contributed by atoms with E-state index >= 15 is 0 Å². The number of sulfonamides is 1. The molecule has 0 fully saturated rings. The minimum Gasteiger partial charge on any atom is -0.484 e. The number of benzene rings is 3. The van der Waals surface area contributed by atoms with Gasteiger partial charge in [0.15, 0.2) is 6.61 Å². The Kier molecular flexibility index (Phi) is 8.19. The van der Waals surface area contributed by atoms with Crippen LogP contribution >= 0.6 is 23.2 Å². The van der Waals surface area contributed by atoms with Gasteiger partial charge < -0.3 is 10.1 Å². The summed E-state index contributed by atoms with van der Waals surface area (Å²) in [4.78, 5) is 12.2. The quantitative estimate of drug-likeness (QED) is 0.376. The zero-order chi connectivity index (χ0) is 25.8. The number of amides is 1. The zero-order valence-corrected chi connectivity index (χ0v) is 20.5. The van der Waals surface area contributed by atoms with Crippen molar-refractivity contribution in [3.8, 4) is 5.75 Å². The van der Waals surface area contributed by atoms with Gasteiger partial charge >= 0.3 is 6.18 Å². The van der Waals surface area contributed by atoms with E-state index in [1.54, 1.807) is 24.3 Å². The van der Waals surface area contributed by atoms with Crippen molar-refractivity contribution in [1.82, 2.24) is 0 Å². The van der Waals surface area contributed by atoms with Crippen molar-refractivity contribution < 1.29 is 31.1 Å². The van der Waals surface area contributed by atoms with E-state index in [9.17, 15) is 26.4 Å². The molecule has 0 aliphatic carbocycles. The summed E-state index contributed by atoms with van der Waals surface area (Å²) >= 11 is 11.8. The molecule has 0 heterocycles. The van der Waals surface area contributed by atoms with Crippen LogP contribution in [-0.4, -0.2) is 27.2 Å². The molecule has 6 nitrogen and oxygen atoms in total. The molecule has 3 aromatic carbocycles. The lowest BCUT2D eigenvalue weighted by Crippen LogP contribution is -2.29. The van der Waals surface area contributed by atoms with Crippen LogP contribution in [0.15, 0.2) is 66.7 Å². The number of carbonyl (C=O) groups is 1. The lowest BCUT2D eigenvalue weighted by Gasteiger charge is -2.23. The van der Waals surface area contributed by atoms with Crippen molar-refractivity contribution in [1.29, 1.82) is 0 Å². The van der Waals surface area contributed by atoms with Gasteiger partial charge in [-0.25, -0.2) is 8.42 Å². The van der Waals surface area contributed by atoms with Crippen molar-refractivity contribution in [2.45, 2.75) is 12.7 Å². The average molecular weight is 547 g/mol. The van der Waals surface area contributed by atoms with Gasteiger partial charge in [0.25, 0.3) is 5.91 Å². The summed E-state index contributed by atoms with van der Waals surface area (Å²) in [6, 6.07) is 15.3. The van der Waals surface area contributed by atoms with Gasteiger partial charge in [0.05, 0.1) is 34.8 Å². The smallest absolute Gasteiger partial charge is 0.416 e. The summed E-state index contributed by atoms with van der Waals surface area (Å²) in [6.07, 6.45) is -3.51. The van der Waals surface area contributed by atoms with Crippen molar-refractivity contribution in [2.24, 2.45) is 0 Å². The minimum atomic E-state index is -4.59. The summed E-state index contributed by atoms with van der Waals surface area (Å²) in [7, 11) is -3.61. The van der Waals surface area contributed by atoms with E-state index in [1.807, 2.05) is 0 Å². The first-order valence-electron chi connectivity index (χ1n) is 9.94. The van der Waals surface area contributed by atoms with Crippen LogP contribution in [0.2, 0.25) is 10.0 Å². The molecule has 35 heavy (non-hydrogen) atoms. The van der Waals surface area contributed by atoms with Gasteiger partial charge in [-0.1, -0.05) is 35.3 Å². The summed E-state index contributed by atoms with van der Waals surface area (Å²) < 4.78 is 69.9. The molecule has 0 unspecified atom stereocenters. The highest BCUT2D eigenvalue weighted by Gasteiger charge is 2.31. The Labute approximate surface area is 210 Å². The average Bonchev–Trinajstić information content (AvgIpc) is 2.78. The molecule has 12 heteroatoms. The van der Waals surface area contributed by atoms with E-state index in [0.29, 0.717) is 10.7 Å². The molecule has 0 radical (unpaired) electrons. The van der Waals surface area contributed by atoms with Gasteiger partial charge in [0.2, 0.25) is 10.0 Å². The second-order valence-electron chi connectivity index (χ2n) is 7.42. The van der Waals surface area contributed by atoms with E-state index in [-0.39, 0.29) is 23.0 Å². The molecule has 1 N–H and O–H groups in total. The first-order valence-corrected chi connectivity index (χ1v) is 12.5. The number of anilines is 2. The number of alkyl halides is 3. The summed E-state index contributed by atoms with van der Waals surface area (Å²) in [5.74, 6) is -0.477. The zero-order valence-electron chi connectivity index (χ0n) is 18.1. The Morgan fingerprint density at radius 1 is 1.00 bits per heavy atom. The lowest BCUT2D eigenvalue weighted by molar-refractivity contribution is -0.137.